The summed E-state index contributed by atoms with van der Waals surface area (Å²) in [6.45, 7) is 0. The van der Waals surface area contributed by atoms with Gasteiger partial charge in [0.1, 0.15) is 29.0 Å². The van der Waals surface area contributed by atoms with E-state index in [1.807, 2.05) is 0 Å². The largest absolute Gasteiger partial charge is 0.445 e. The molecule has 0 bridgehead atoms. The van der Waals surface area contributed by atoms with Crippen molar-refractivity contribution in [1.29, 1.82) is 5.26 Å². The predicted octanol–water partition coefficient (Wildman–Crippen LogP) is 4.75. The molecule has 2 aromatic carbocycles. The number of benzene rings is 2. The molecule has 1 heterocycles. The minimum atomic E-state index is -0.713. The Kier molecular flexibility index (Phi) is 5.28. The molecule has 136 valence electrons. The van der Waals surface area contributed by atoms with E-state index in [4.69, 9.17) is 10.00 Å². The minimum absolute atomic E-state index is 0.128. The molecule has 3 rings (SSSR count). The summed E-state index contributed by atoms with van der Waals surface area (Å²) in [6.07, 6.45) is 1.38. The van der Waals surface area contributed by atoms with Gasteiger partial charge in [0, 0.05) is 13.1 Å². The Bertz CT molecular complexity index is 1030. The number of rotatable bonds is 4. The first-order valence-corrected chi connectivity index (χ1v) is 8.42. The zero-order chi connectivity index (χ0) is 19.4. The number of carbonyl (C=O) groups excluding carboxylic acids is 1. The SMILES string of the molecule is CN(C(=O)Nc1ncc(Oc2cccc(F)c2)s1)c1cccc(F)c1C#N. The third kappa shape index (κ3) is 4.19. The molecule has 0 spiro atoms. The first-order valence-electron chi connectivity index (χ1n) is 7.60. The van der Waals surface area contributed by atoms with Crippen molar-refractivity contribution >= 4 is 28.2 Å². The van der Waals surface area contributed by atoms with E-state index < -0.39 is 17.7 Å². The molecule has 2 amide bonds. The van der Waals surface area contributed by atoms with Crippen molar-refractivity contribution in [2.24, 2.45) is 0 Å². The summed E-state index contributed by atoms with van der Waals surface area (Å²) < 4.78 is 32.4. The molecule has 0 fully saturated rings. The number of halogens is 2. The molecule has 0 atom stereocenters. The van der Waals surface area contributed by atoms with E-state index in [0.29, 0.717) is 10.8 Å². The van der Waals surface area contributed by atoms with Crippen LogP contribution in [0.4, 0.5) is 24.4 Å². The van der Waals surface area contributed by atoms with Crippen molar-refractivity contribution in [1.82, 2.24) is 4.98 Å². The first kappa shape index (κ1) is 18.3. The van der Waals surface area contributed by atoms with Crippen molar-refractivity contribution in [3.05, 3.63) is 65.9 Å². The Balaban J connectivity index is 1.71. The average Bonchev–Trinajstić information content (AvgIpc) is 3.07. The lowest BCUT2D eigenvalue weighted by Gasteiger charge is -2.18. The van der Waals surface area contributed by atoms with Crippen LogP contribution in [0.15, 0.2) is 48.7 Å². The van der Waals surface area contributed by atoms with Crippen LogP contribution in [0.3, 0.4) is 0 Å². The molecule has 0 saturated heterocycles. The van der Waals surface area contributed by atoms with E-state index >= 15 is 0 Å². The van der Waals surface area contributed by atoms with E-state index in [1.54, 1.807) is 12.1 Å². The second-order valence-corrected chi connectivity index (χ2v) is 6.27. The molecule has 0 unspecified atom stereocenters. The fourth-order valence-corrected chi connectivity index (χ4v) is 2.88. The summed E-state index contributed by atoms with van der Waals surface area (Å²) in [5, 5.41) is 12.2. The molecule has 6 nitrogen and oxygen atoms in total. The average molecular weight is 386 g/mol. The highest BCUT2D eigenvalue weighted by molar-refractivity contribution is 7.17. The molecule has 3 aromatic rings. The van der Waals surface area contributed by atoms with Crippen LogP contribution >= 0.6 is 11.3 Å². The van der Waals surface area contributed by atoms with E-state index in [2.05, 4.69) is 10.3 Å². The van der Waals surface area contributed by atoms with Gasteiger partial charge in [0.25, 0.3) is 0 Å². The fourth-order valence-electron chi connectivity index (χ4n) is 2.20. The molecular weight excluding hydrogens is 374 g/mol. The zero-order valence-corrected chi connectivity index (χ0v) is 14.8. The molecule has 1 N–H and O–H groups in total. The van der Waals surface area contributed by atoms with Gasteiger partial charge in [-0.05, 0) is 24.3 Å². The number of hydrogen-bond acceptors (Lipinski definition) is 5. The molecule has 27 heavy (non-hydrogen) atoms. The van der Waals surface area contributed by atoms with Crippen LogP contribution in [0, 0.1) is 23.0 Å². The van der Waals surface area contributed by atoms with Gasteiger partial charge < -0.3 is 4.74 Å². The van der Waals surface area contributed by atoms with Crippen molar-refractivity contribution in [2.75, 3.05) is 17.3 Å². The topological polar surface area (TPSA) is 78.2 Å². The molecule has 9 heteroatoms. The number of nitriles is 1. The Hall–Kier alpha value is -3.51. The number of thiazole rings is 1. The summed E-state index contributed by atoms with van der Waals surface area (Å²) in [7, 11) is 1.41. The number of urea groups is 1. The van der Waals surface area contributed by atoms with Crippen LogP contribution < -0.4 is 15.0 Å². The lowest BCUT2D eigenvalue weighted by molar-refractivity contribution is 0.258. The van der Waals surface area contributed by atoms with E-state index in [-0.39, 0.29) is 16.4 Å². The molecule has 0 aliphatic heterocycles. The van der Waals surface area contributed by atoms with Crippen molar-refractivity contribution in [3.8, 4) is 16.9 Å². The number of aromatic nitrogens is 1. The molecular formula is C18H12F2N4O2S. The summed E-state index contributed by atoms with van der Waals surface area (Å²) in [5.41, 5.74) is -0.104. The lowest BCUT2D eigenvalue weighted by atomic mass is 10.1. The first-order chi connectivity index (χ1) is 13.0. The second-order valence-electron chi connectivity index (χ2n) is 5.28. The quantitative estimate of drug-likeness (QED) is 0.702. The molecule has 1 aromatic heterocycles. The normalized spacial score (nSPS) is 10.1. The number of nitrogens with zero attached hydrogens (tertiary/aromatic N) is 3. The predicted molar refractivity (Wildman–Crippen MR) is 97.1 cm³/mol. The van der Waals surface area contributed by atoms with Crippen molar-refractivity contribution < 1.29 is 18.3 Å². The smallest absolute Gasteiger partial charge is 0.327 e. The van der Waals surface area contributed by atoms with Crippen molar-refractivity contribution in [3.63, 3.8) is 0 Å². The Morgan fingerprint density at radius 3 is 2.81 bits per heavy atom. The highest BCUT2D eigenvalue weighted by Gasteiger charge is 2.18. The summed E-state index contributed by atoms with van der Waals surface area (Å²) in [6, 6.07) is 10.8. The summed E-state index contributed by atoms with van der Waals surface area (Å²) >= 11 is 1.03. The highest BCUT2D eigenvalue weighted by atomic mass is 32.1. The van der Waals surface area contributed by atoms with Crippen LogP contribution in [0.25, 0.3) is 0 Å². The third-order valence-electron chi connectivity index (χ3n) is 3.48. The van der Waals surface area contributed by atoms with Gasteiger partial charge in [-0.3, -0.25) is 10.2 Å². The van der Waals surface area contributed by atoms with E-state index in [0.717, 1.165) is 22.3 Å². The van der Waals surface area contributed by atoms with Gasteiger partial charge in [-0.1, -0.05) is 23.5 Å². The maximum atomic E-state index is 13.7. The summed E-state index contributed by atoms with van der Waals surface area (Å²) in [4.78, 5) is 17.5. The number of ether oxygens (including phenoxy) is 1. The number of carbonyl (C=O) groups is 1. The molecule has 0 aliphatic rings. The number of anilines is 2. The highest BCUT2D eigenvalue weighted by Crippen LogP contribution is 2.31. The van der Waals surface area contributed by atoms with Gasteiger partial charge in [0.05, 0.1) is 11.9 Å². The summed E-state index contributed by atoms with van der Waals surface area (Å²) in [5.74, 6) is -0.850. The van der Waals surface area contributed by atoms with Crippen LogP contribution in [0.1, 0.15) is 5.56 Å². The third-order valence-corrected chi connectivity index (χ3v) is 4.27. The van der Waals surface area contributed by atoms with Crippen LogP contribution in [0.2, 0.25) is 0 Å². The van der Waals surface area contributed by atoms with Gasteiger partial charge in [-0.15, -0.1) is 0 Å². The van der Waals surface area contributed by atoms with Crippen molar-refractivity contribution in [2.45, 2.75) is 0 Å². The maximum absolute atomic E-state index is 13.7. The molecule has 0 saturated carbocycles. The molecule has 0 aliphatic carbocycles. The Morgan fingerprint density at radius 2 is 2.07 bits per heavy atom. The standard InChI is InChI=1S/C18H12F2N4O2S/c1-24(15-7-3-6-14(20)13(15)9-21)18(25)23-17-22-10-16(27-17)26-12-5-2-4-11(19)8-12/h2-8,10H,1H3,(H,22,23,25). The van der Waals surface area contributed by atoms with Gasteiger partial charge >= 0.3 is 6.03 Å². The minimum Gasteiger partial charge on any atom is -0.445 e. The van der Waals surface area contributed by atoms with Gasteiger partial charge in [-0.25, -0.2) is 18.6 Å². The van der Waals surface area contributed by atoms with Crippen LogP contribution in [0.5, 0.6) is 10.8 Å². The molecule has 0 radical (unpaired) electrons. The maximum Gasteiger partial charge on any atom is 0.327 e. The fraction of sp³-hybridized carbons (Fsp3) is 0.0556. The van der Waals surface area contributed by atoms with Gasteiger partial charge in [0.2, 0.25) is 5.06 Å². The van der Waals surface area contributed by atoms with Crippen LogP contribution in [-0.4, -0.2) is 18.1 Å². The van der Waals surface area contributed by atoms with E-state index in [9.17, 15) is 13.6 Å². The second kappa shape index (κ2) is 7.80. The van der Waals surface area contributed by atoms with E-state index in [1.165, 1.54) is 43.6 Å². The van der Waals surface area contributed by atoms with Gasteiger partial charge in [0.15, 0.2) is 5.13 Å². The van der Waals surface area contributed by atoms with Crippen LogP contribution in [-0.2, 0) is 0 Å². The zero-order valence-electron chi connectivity index (χ0n) is 13.9. The number of hydrogen-bond donors (Lipinski definition) is 1. The monoisotopic (exact) mass is 386 g/mol. The number of nitrogens with one attached hydrogen (secondary N) is 1. The lowest BCUT2D eigenvalue weighted by Crippen LogP contribution is -2.31. The Morgan fingerprint density at radius 1 is 1.30 bits per heavy atom. The van der Waals surface area contributed by atoms with Gasteiger partial charge in [-0.2, -0.15) is 5.26 Å². The number of amides is 2. The Labute approximate surface area is 157 Å².